The lowest BCUT2D eigenvalue weighted by Crippen LogP contribution is -2.17. The van der Waals surface area contributed by atoms with Crippen LogP contribution < -0.4 is 5.32 Å². The minimum absolute atomic E-state index is 0.113. The largest absolute Gasteiger partial charge is 0.340 e. The van der Waals surface area contributed by atoms with E-state index in [-0.39, 0.29) is 5.91 Å². The van der Waals surface area contributed by atoms with Gasteiger partial charge in [0.15, 0.2) is 0 Å². The lowest BCUT2D eigenvalue weighted by molar-refractivity contribution is 0.101. The first-order valence-corrected chi connectivity index (χ1v) is 6.63. The molecule has 2 heterocycles. The predicted molar refractivity (Wildman–Crippen MR) is 72.6 cm³/mol. The van der Waals surface area contributed by atoms with Gasteiger partial charge in [-0.3, -0.25) is 4.79 Å². The molecule has 1 saturated carbocycles. The molecule has 2 aromatic heterocycles. The van der Waals surface area contributed by atoms with E-state index in [1.807, 2.05) is 29.0 Å². The summed E-state index contributed by atoms with van der Waals surface area (Å²) in [6.45, 7) is 0. The molecule has 1 fully saturated rings. The topological polar surface area (TPSA) is 46.9 Å². The van der Waals surface area contributed by atoms with Crippen LogP contribution in [-0.4, -0.2) is 15.5 Å². The number of carbonyl (C=O) groups excluding carboxylic acids is 1. The third kappa shape index (κ3) is 2.31. The highest BCUT2D eigenvalue weighted by Gasteiger charge is 2.26. The molecule has 3 rings (SSSR count). The van der Waals surface area contributed by atoms with Crippen LogP contribution in [0, 0.1) is 0 Å². The van der Waals surface area contributed by atoms with Crippen molar-refractivity contribution in [1.29, 1.82) is 0 Å². The maximum absolute atomic E-state index is 12.2. The molecule has 1 N–H and O–H groups in total. The summed E-state index contributed by atoms with van der Waals surface area (Å²) in [6.07, 6.45) is 5.93. The number of rotatable bonds is 3. The maximum atomic E-state index is 12.2. The van der Waals surface area contributed by atoms with E-state index in [4.69, 9.17) is 0 Å². The highest BCUT2D eigenvalue weighted by molar-refractivity contribution is 9.10. The zero-order valence-corrected chi connectivity index (χ0v) is 11.2. The first kappa shape index (κ1) is 11.5. The molecule has 18 heavy (non-hydrogen) atoms. The zero-order valence-electron chi connectivity index (χ0n) is 9.64. The van der Waals surface area contributed by atoms with Gasteiger partial charge in [-0.2, -0.15) is 0 Å². The summed E-state index contributed by atoms with van der Waals surface area (Å²) in [7, 11) is 0. The van der Waals surface area contributed by atoms with Gasteiger partial charge in [0.1, 0.15) is 11.5 Å². The summed E-state index contributed by atoms with van der Waals surface area (Å²) in [5.41, 5.74) is 0.694. The van der Waals surface area contributed by atoms with Gasteiger partial charge < -0.3 is 9.88 Å². The van der Waals surface area contributed by atoms with Crippen LogP contribution in [0.3, 0.4) is 0 Å². The van der Waals surface area contributed by atoms with Gasteiger partial charge in [-0.25, -0.2) is 4.98 Å². The van der Waals surface area contributed by atoms with Crippen LogP contribution >= 0.6 is 15.9 Å². The van der Waals surface area contributed by atoms with Crippen molar-refractivity contribution in [3.8, 4) is 0 Å². The quantitative estimate of drug-likeness (QED) is 0.946. The van der Waals surface area contributed by atoms with E-state index in [9.17, 15) is 4.79 Å². The Kier molecular flexibility index (Phi) is 2.91. The number of pyridine rings is 1. The highest BCUT2D eigenvalue weighted by atomic mass is 79.9. The molecule has 5 heteroatoms. The van der Waals surface area contributed by atoms with Crippen molar-refractivity contribution in [3.63, 3.8) is 0 Å². The van der Waals surface area contributed by atoms with Gasteiger partial charge in [0.2, 0.25) is 0 Å². The molecule has 0 spiro atoms. The van der Waals surface area contributed by atoms with Gasteiger partial charge in [-0.05, 0) is 37.1 Å². The minimum atomic E-state index is -0.113. The number of anilines is 1. The smallest absolute Gasteiger partial charge is 0.273 e. The fraction of sp³-hybridized carbons (Fsp3) is 0.231. The zero-order chi connectivity index (χ0) is 12.5. The Balaban J connectivity index is 1.80. The molecule has 0 radical (unpaired) electrons. The number of amides is 1. The molecule has 0 unspecified atom stereocenters. The van der Waals surface area contributed by atoms with Crippen molar-refractivity contribution in [2.45, 2.75) is 18.9 Å². The van der Waals surface area contributed by atoms with Gasteiger partial charge in [0.05, 0.1) is 0 Å². The maximum Gasteiger partial charge on any atom is 0.273 e. The van der Waals surface area contributed by atoms with Crippen molar-refractivity contribution >= 4 is 27.7 Å². The molecule has 0 aliphatic heterocycles. The number of nitrogens with one attached hydrogen (secondary N) is 1. The average molecular weight is 306 g/mol. The fourth-order valence-corrected chi connectivity index (χ4v) is 2.25. The Bertz CT molecular complexity index is 589. The molecular formula is C13H12BrN3O. The second kappa shape index (κ2) is 4.57. The molecule has 92 valence electrons. The highest BCUT2D eigenvalue weighted by Crippen LogP contribution is 2.36. The summed E-state index contributed by atoms with van der Waals surface area (Å²) in [6, 6.07) is 7.84. The molecular weight excluding hydrogens is 294 g/mol. The summed E-state index contributed by atoms with van der Waals surface area (Å²) in [5, 5.41) is 2.81. The molecule has 0 aromatic carbocycles. The van der Waals surface area contributed by atoms with Crippen molar-refractivity contribution in [2.75, 3.05) is 5.32 Å². The van der Waals surface area contributed by atoms with Crippen molar-refractivity contribution in [3.05, 3.63) is 46.8 Å². The standard InChI is InChI=1S/C13H12BrN3O/c14-9-5-6-15-12(8-9)16-13(18)11-2-1-7-17(11)10-3-4-10/h1-2,5-8,10H,3-4H2,(H,15,16,18). The molecule has 0 atom stereocenters. The van der Waals surface area contributed by atoms with Crippen LogP contribution in [0.5, 0.6) is 0 Å². The Labute approximate surface area is 113 Å². The number of nitrogens with zero attached hydrogens (tertiary/aromatic N) is 2. The minimum Gasteiger partial charge on any atom is -0.340 e. The van der Waals surface area contributed by atoms with E-state index in [1.54, 1.807) is 12.3 Å². The van der Waals surface area contributed by atoms with Gasteiger partial charge in [0.25, 0.3) is 5.91 Å². The summed E-state index contributed by atoms with van der Waals surface area (Å²) in [5.74, 6) is 0.440. The van der Waals surface area contributed by atoms with Crippen LogP contribution in [0.1, 0.15) is 29.4 Å². The Morgan fingerprint density at radius 1 is 1.44 bits per heavy atom. The molecule has 1 aliphatic rings. The summed E-state index contributed by atoms with van der Waals surface area (Å²) >= 11 is 3.35. The fourth-order valence-electron chi connectivity index (χ4n) is 1.91. The average Bonchev–Trinajstić information content (AvgIpc) is 3.06. The number of aromatic nitrogens is 2. The van der Waals surface area contributed by atoms with Crippen LogP contribution in [-0.2, 0) is 0 Å². The molecule has 0 bridgehead atoms. The Morgan fingerprint density at radius 3 is 3.00 bits per heavy atom. The number of halogens is 1. The van der Waals surface area contributed by atoms with E-state index in [1.165, 1.54) is 0 Å². The lowest BCUT2D eigenvalue weighted by Gasteiger charge is -2.08. The molecule has 1 aliphatic carbocycles. The molecule has 0 saturated heterocycles. The van der Waals surface area contributed by atoms with Gasteiger partial charge >= 0.3 is 0 Å². The molecule has 2 aromatic rings. The third-order valence-electron chi connectivity index (χ3n) is 2.92. The van der Waals surface area contributed by atoms with E-state index >= 15 is 0 Å². The number of carbonyl (C=O) groups is 1. The predicted octanol–water partition coefficient (Wildman–Crippen LogP) is 3.23. The van der Waals surface area contributed by atoms with Crippen LogP contribution in [0.4, 0.5) is 5.82 Å². The Hall–Kier alpha value is -1.62. The van der Waals surface area contributed by atoms with Crippen LogP contribution in [0.2, 0.25) is 0 Å². The lowest BCUT2D eigenvalue weighted by atomic mass is 10.3. The van der Waals surface area contributed by atoms with E-state index in [0.29, 0.717) is 17.6 Å². The van der Waals surface area contributed by atoms with Gasteiger partial charge in [-0.15, -0.1) is 0 Å². The van der Waals surface area contributed by atoms with Gasteiger partial charge in [-0.1, -0.05) is 15.9 Å². The van der Waals surface area contributed by atoms with Crippen molar-refractivity contribution in [2.24, 2.45) is 0 Å². The second-order valence-electron chi connectivity index (χ2n) is 4.35. The SMILES string of the molecule is O=C(Nc1cc(Br)ccn1)c1cccn1C1CC1. The monoisotopic (exact) mass is 305 g/mol. The van der Waals surface area contributed by atoms with Crippen molar-refractivity contribution < 1.29 is 4.79 Å². The first-order valence-electron chi connectivity index (χ1n) is 5.84. The third-order valence-corrected chi connectivity index (χ3v) is 3.41. The summed E-state index contributed by atoms with van der Waals surface area (Å²) < 4.78 is 2.93. The first-order chi connectivity index (χ1) is 8.74. The summed E-state index contributed by atoms with van der Waals surface area (Å²) in [4.78, 5) is 16.3. The van der Waals surface area contributed by atoms with E-state index in [2.05, 4.69) is 26.2 Å². The molecule has 4 nitrogen and oxygen atoms in total. The number of hydrogen-bond donors (Lipinski definition) is 1. The van der Waals surface area contributed by atoms with Crippen LogP contribution in [0.25, 0.3) is 0 Å². The van der Waals surface area contributed by atoms with Crippen molar-refractivity contribution in [1.82, 2.24) is 9.55 Å². The molecule has 1 amide bonds. The normalized spacial score (nSPS) is 14.5. The second-order valence-corrected chi connectivity index (χ2v) is 5.26. The van der Waals surface area contributed by atoms with E-state index in [0.717, 1.165) is 17.3 Å². The van der Waals surface area contributed by atoms with E-state index < -0.39 is 0 Å². The Morgan fingerprint density at radius 2 is 2.28 bits per heavy atom. The van der Waals surface area contributed by atoms with Gasteiger partial charge in [0, 0.05) is 22.9 Å². The van der Waals surface area contributed by atoms with Crippen LogP contribution in [0.15, 0.2) is 41.1 Å². The number of hydrogen-bond acceptors (Lipinski definition) is 2.